The molecule has 3 aromatic rings. The van der Waals surface area contributed by atoms with E-state index in [-0.39, 0.29) is 22.3 Å². The fraction of sp³-hybridized carbons (Fsp3) is 0.167. The van der Waals surface area contributed by atoms with Gasteiger partial charge in [-0.3, -0.25) is 4.79 Å². The van der Waals surface area contributed by atoms with Crippen LogP contribution in [0.25, 0.3) is 22.1 Å². The van der Waals surface area contributed by atoms with Crippen molar-refractivity contribution in [1.29, 1.82) is 0 Å². The van der Waals surface area contributed by atoms with Crippen LogP contribution in [0.5, 0.6) is 0 Å². The predicted molar refractivity (Wildman–Crippen MR) is 83.3 cm³/mol. The Labute approximate surface area is 131 Å². The van der Waals surface area contributed by atoms with Crippen LogP contribution < -0.4 is 5.43 Å². The van der Waals surface area contributed by atoms with E-state index in [9.17, 15) is 13.6 Å². The molecule has 0 aliphatic rings. The van der Waals surface area contributed by atoms with Gasteiger partial charge in [0.05, 0.1) is 5.56 Å². The van der Waals surface area contributed by atoms with Crippen molar-refractivity contribution in [3.63, 3.8) is 0 Å². The van der Waals surface area contributed by atoms with Gasteiger partial charge in [0.25, 0.3) is 0 Å². The van der Waals surface area contributed by atoms with Crippen molar-refractivity contribution < 1.29 is 17.9 Å². The molecule has 3 rings (SSSR count). The molecule has 0 aliphatic heterocycles. The Morgan fingerprint density at radius 1 is 1.13 bits per heavy atom. The van der Waals surface area contributed by atoms with E-state index in [0.29, 0.717) is 5.56 Å². The van der Waals surface area contributed by atoms with Crippen LogP contribution >= 0.6 is 0 Å². The van der Waals surface area contributed by atoms with Crippen molar-refractivity contribution in [2.24, 2.45) is 0 Å². The van der Waals surface area contributed by atoms with Gasteiger partial charge in [0, 0.05) is 7.11 Å². The minimum absolute atomic E-state index is 0.108. The van der Waals surface area contributed by atoms with Crippen LogP contribution in [-0.2, 0) is 4.74 Å². The zero-order valence-electron chi connectivity index (χ0n) is 12.6. The zero-order chi connectivity index (χ0) is 16.6. The van der Waals surface area contributed by atoms with Gasteiger partial charge in [-0.05, 0) is 36.8 Å². The van der Waals surface area contributed by atoms with E-state index < -0.39 is 23.2 Å². The molecule has 1 aromatic heterocycles. The van der Waals surface area contributed by atoms with E-state index in [0.717, 1.165) is 0 Å². The highest BCUT2D eigenvalue weighted by Gasteiger charge is 2.22. The van der Waals surface area contributed by atoms with Crippen molar-refractivity contribution >= 4 is 11.0 Å². The van der Waals surface area contributed by atoms with Crippen molar-refractivity contribution in [1.82, 2.24) is 0 Å². The number of hydrogen-bond donors (Lipinski definition) is 0. The van der Waals surface area contributed by atoms with E-state index in [1.54, 1.807) is 13.0 Å². The molecule has 118 valence electrons. The first-order valence-electron chi connectivity index (χ1n) is 7.07. The summed E-state index contributed by atoms with van der Waals surface area (Å²) >= 11 is 0. The van der Waals surface area contributed by atoms with E-state index >= 15 is 0 Å². The van der Waals surface area contributed by atoms with Crippen LogP contribution in [0, 0.1) is 11.6 Å². The number of rotatable bonds is 3. The lowest BCUT2D eigenvalue weighted by Gasteiger charge is -2.15. The average molecular weight is 316 g/mol. The van der Waals surface area contributed by atoms with Crippen LogP contribution in [0.2, 0.25) is 0 Å². The minimum atomic E-state index is -0.675. The first-order chi connectivity index (χ1) is 11.0. The highest BCUT2D eigenvalue weighted by atomic mass is 19.1. The molecule has 0 N–H and O–H groups in total. The summed E-state index contributed by atoms with van der Waals surface area (Å²) in [7, 11) is 1.47. The summed E-state index contributed by atoms with van der Waals surface area (Å²) in [6, 6.07) is 9.71. The number of ether oxygens (including phenoxy) is 1. The maximum absolute atomic E-state index is 14.1. The van der Waals surface area contributed by atoms with Gasteiger partial charge in [-0.25, -0.2) is 8.78 Å². The summed E-state index contributed by atoms with van der Waals surface area (Å²) in [4.78, 5) is 12.8. The summed E-state index contributed by atoms with van der Waals surface area (Å²) in [6.07, 6.45) is -0.548. The highest BCUT2D eigenvalue weighted by Crippen LogP contribution is 2.31. The van der Waals surface area contributed by atoms with Crippen molar-refractivity contribution in [2.45, 2.75) is 13.0 Å². The van der Waals surface area contributed by atoms with Gasteiger partial charge in [0.15, 0.2) is 0 Å². The quantitative estimate of drug-likeness (QED) is 0.717. The van der Waals surface area contributed by atoms with Gasteiger partial charge in [-0.15, -0.1) is 0 Å². The number of benzene rings is 2. The zero-order valence-corrected chi connectivity index (χ0v) is 12.6. The smallest absolute Gasteiger partial charge is 0.203 e. The monoisotopic (exact) mass is 316 g/mol. The standard InChI is InChI=1S/C18H14F2O3/c1-10(22-2)18-15(11-5-3-6-12(19)9-11)17(21)16-13(20)7-4-8-14(16)23-18/h3-10H,1-2H3. The Morgan fingerprint density at radius 2 is 1.87 bits per heavy atom. The maximum Gasteiger partial charge on any atom is 0.203 e. The third-order valence-corrected chi connectivity index (χ3v) is 3.73. The molecule has 23 heavy (non-hydrogen) atoms. The molecule has 0 amide bonds. The lowest BCUT2D eigenvalue weighted by molar-refractivity contribution is 0.101. The van der Waals surface area contributed by atoms with Gasteiger partial charge >= 0.3 is 0 Å². The normalized spacial score (nSPS) is 12.5. The van der Waals surface area contributed by atoms with Gasteiger partial charge < -0.3 is 9.15 Å². The Morgan fingerprint density at radius 3 is 2.57 bits per heavy atom. The summed E-state index contributed by atoms with van der Waals surface area (Å²) in [5.41, 5.74) is 0.0159. The van der Waals surface area contributed by atoms with Gasteiger partial charge in [0.1, 0.15) is 34.5 Å². The van der Waals surface area contributed by atoms with E-state index in [1.165, 1.54) is 43.5 Å². The fourth-order valence-electron chi connectivity index (χ4n) is 2.53. The SMILES string of the molecule is COC(C)c1oc2cccc(F)c2c(=O)c1-c1cccc(F)c1. The summed E-state index contributed by atoms with van der Waals surface area (Å²) in [5, 5.41) is -0.154. The van der Waals surface area contributed by atoms with Crippen molar-refractivity contribution in [3.8, 4) is 11.1 Å². The molecule has 0 bridgehead atoms. The average Bonchev–Trinajstić information content (AvgIpc) is 2.53. The van der Waals surface area contributed by atoms with Crippen LogP contribution in [0.15, 0.2) is 51.7 Å². The van der Waals surface area contributed by atoms with Crippen LogP contribution in [0.4, 0.5) is 8.78 Å². The third-order valence-electron chi connectivity index (χ3n) is 3.73. The van der Waals surface area contributed by atoms with Crippen molar-refractivity contribution in [3.05, 3.63) is 70.1 Å². The maximum atomic E-state index is 14.1. The molecule has 0 spiro atoms. The van der Waals surface area contributed by atoms with Gasteiger partial charge in [0.2, 0.25) is 5.43 Å². The number of halogens is 2. The lowest BCUT2D eigenvalue weighted by Crippen LogP contribution is -2.13. The topological polar surface area (TPSA) is 39.4 Å². The molecule has 1 atom stereocenters. The molecule has 0 aliphatic carbocycles. The number of hydrogen-bond acceptors (Lipinski definition) is 3. The second-order valence-corrected chi connectivity index (χ2v) is 5.17. The van der Waals surface area contributed by atoms with E-state index in [2.05, 4.69) is 0 Å². The van der Waals surface area contributed by atoms with Gasteiger partial charge in [-0.1, -0.05) is 18.2 Å². The molecular weight excluding hydrogens is 302 g/mol. The Balaban J connectivity index is 2.44. The highest BCUT2D eigenvalue weighted by molar-refractivity contribution is 5.83. The molecule has 3 nitrogen and oxygen atoms in total. The summed E-state index contributed by atoms with van der Waals surface area (Å²) in [5.74, 6) is -0.932. The molecule has 0 saturated carbocycles. The van der Waals surface area contributed by atoms with Crippen molar-refractivity contribution in [2.75, 3.05) is 7.11 Å². The Hall–Kier alpha value is -2.53. The molecule has 0 saturated heterocycles. The minimum Gasteiger partial charge on any atom is -0.457 e. The molecule has 5 heteroatoms. The molecule has 1 unspecified atom stereocenters. The lowest BCUT2D eigenvalue weighted by atomic mass is 10.00. The Kier molecular flexibility index (Phi) is 3.96. The number of fused-ring (bicyclic) bond motifs is 1. The van der Waals surface area contributed by atoms with E-state index in [1.807, 2.05) is 0 Å². The molecule has 2 aromatic carbocycles. The predicted octanol–water partition coefficient (Wildman–Crippen LogP) is 4.45. The molecular formula is C18H14F2O3. The Bertz CT molecular complexity index is 931. The molecule has 1 heterocycles. The summed E-state index contributed by atoms with van der Waals surface area (Å²) < 4.78 is 38.6. The van der Waals surface area contributed by atoms with Crippen LogP contribution in [0.1, 0.15) is 18.8 Å². The van der Waals surface area contributed by atoms with E-state index in [4.69, 9.17) is 9.15 Å². The second-order valence-electron chi connectivity index (χ2n) is 5.17. The third kappa shape index (κ3) is 2.64. The fourth-order valence-corrected chi connectivity index (χ4v) is 2.53. The van der Waals surface area contributed by atoms with Crippen LogP contribution in [0.3, 0.4) is 0 Å². The number of methoxy groups -OCH3 is 1. The van der Waals surface area contributed by atoms with Crippen LogP contribution in [-0.4, -0.2) is 7.11 Å². The first kappa shape index (κ1) is 15.4. The molecule has 0 fully saturated rings. The van der Waals surface area contributed by atoms with Gasteiger partial charge in [-0.2, -0.15) is 0 Å². The second kappa shape index (κ2) is 5.93. The largest absolute Gasteiger partial charge is 0.457 e. The first-order valence-corrected chi connectivity index (χ1v) is 7.07. The summed E-state index contributed by atoms with van der Waals surface area (Å²) in [6.45, 7) is 1.70. The molecule has 0 radical (unpaired) electrons.